The van der Waals surface area contributed by atoms with Crippen molar-refractivity contribution in [3.8, 4) is 0 Å². The Balaban J connectivity index is 1.90. The number of carbonyl (C=O) groups is 1. The molecule has 1 nitrogen and oxygen atoms in total. The summed E-state index contributed by atoms with van der Waals surface area (Å²) in [5.41, 5.74) is 3.12. The summed E-state index contributed by atoms with van der Waals surface area (Å²) in [7, 11) is 0. The highest BCUT2D eigenvalue weighted by Gasteiger charge is 2.02. The molecule has 0 fully saturated rings. The lowest BCUT2D eigenvalue weighted by molar-refractivity contribution is 0.104. The average Bonchev–Trinajstić information content (AvgIpc) is 2.64. The van der Waals surface area contributed by atoms with Crippen LogP contribution in [0.4, 0.5) is 0 Å². The van der Waals surface area contributed by atoms with Gasteiger partial charge in [0.1, 0.15) is 0 Å². The van der Waals surface area contributed by atoms with Crippen molar-refractivity contribution in [2.75, 3.05) is 6.26 Å². The second kappa shape index (κ2) is 10.1. The van der Waals surface area contributed by atoms with Crippen LogP contribution in [0.15, 0.2) is 59.5 Å². The van der Waals surface area contributed by atoms with Crippen LogP contribution in [0.25, 0.3) is 6.08 Å². The Morgan fingerprint density at radius 1 is 0.958 bits per heavy atom. The molecular weight excluding hydrogens is 312 g/mol. The van der Waals surface area contributed by atoms with Crippen molar-refractivity contribution in [2.45, 2.75) is 43.9 Å². The summed E-state index contributed by atoms with van der Waals surface area (Å²) in [6.45, 7) is 2.23. The van der Waals surface area contributed by atoms with Crippen molar-refractivity contribution in [2.24, 2.45) is 0 Å². The number of hydrogen-bond acceptors (Lipinski definition) is 2. The maximum Gasteiger partial charge on any atom is 0.185 e. The smallest absolute Gasteiger partial charge is 0.185 e. The number of hydrogen-bond donors (Lipinski definition) is 0. The number of benzene rings is 2. The van der Waals surface area contributed by atoms with Gasteiger partial charge in [0.25, 0.3) is 0 Å². The molecule has 0 aromatic heterocycles. The maximum atomic E-state index is 12.3. The molecule has 0 heterocycles. The Hall–Kier alpha value is -1.80. The topological polar surface area (TPSA) is 17.1 Å². The first-order valence-corrected chi connectivity index (χ1v) is 9.91. The summed E-state index contributed by atoms with van der Waals surface area (Å²) in [6, 6.07) is 16.3. The van der Waals surface area contributed by atoms with Crippen molar-refractivity contribution in [3.63, 3.8) is 0 Å². The summed E-state index contributed by atoms with van der Waals surface area (Å²) in [5.74, 6) is 0.0569. The largest absolute Gasteiger partial charge is 0.289 e. The molecule has 0 amide bonds. The molecule has 0 aliphatic carbocycles. The Morgan fingerprint density at radius 3 is 2.29 bits per heavy atom. The first-order valence-electron chi connectivity index (χ1n) is 8.68. The van der Waals surface area contributed by atoms with Crippen molar-refractivity contribution >= 4 is 23.6 Å². The highest BCUT2D eigenvalue weighted by molar-refractivity contribution is 7.98. The van der Waals surface area contributed by atoms with Crippen LogP contribution in [-0.4, -0.2) is 12.0 Å². The Labute approximate surface area is 150 Å². The van der Waals surface area contributed by atoms with Crippen LogP contribution in [0, 0.1) is 0 Å². The zero-order valence-electron chi connectivity index (χ0n) is 14.6. The van der Waals surface area contributed by atoms with Gasteiger partial charge in [0.05, 0.1) is 0 Å². The van der Waals surface area contributed by atoms with E-state index in [-0.39, 0.29) is 5.78 Å². The highest BCUT2D eigenvalue weighted by atomic mass is 32.2. The summed E-state index contributed by atoms with van der Waals surface area (Å²) in [5, 5.41) is 0. The SMILES string of the molecule is CCCCCCc1ccc(C(=O)/C=C/c2ccc(SC)cc2)cc1. The number of ketones is 1. The summed E-state index contributed by atoms with van der Waals surface area (Å²) in [4.78, 5) is 13.5. The Morgan fingerprint density at radius 2 is 1.67 bits per heavy atom. The van der Waals surface area contributed by atoms with Crippen molar-refractivity contribution < 1.29 is 4.79 Å². The average molecular weight is 339 g/mol. The van der Waals surface area contributed by atoms with Gasteiger partial charge in [0.2, 0.25) is 0 Å². The van der Waals surface area contributed by atoms with E-state index in [4.69, 9.17) is 0 Å². The molecule has 2 rings (SSSR count). The first-order chi connectivity index (χ1) is 11.7. The normalized spacial score (nSPS) is 11.1. The van der Waals surface area contributed by atoms with Gasteiger partial charge in [-0.1, -0.05) is 68.7 Å². The van der Waals surface area contributed by atoms with Gasteiger partial charge in [0, 0.05) is 10.5 Å². The van der Waals surface area contributed by atoms with E-state index < -0.39 is 0 Å². The van der Waals surface area contributed by atoms with Crippen LogP contribution >= 0.6 is 11.8 Å². The first kappa shape index (κ1) is 18.5. The molecule has 0 N–H and O–H groups in total. The fourth-order valence-electron chi connectivity index (χ4n) is 2.57. The van der Waals surface area contributed by atoms with Gasteiger partial charge in [-0.15, -0.1) is 11.8 Å². The number of thioether (sulfide) groups is 1. The molecule has 2 heteroatoms. The molecule has 0 saturated carbocycles. The fraction of sp³-hybridized carbons (Fsp3) is 0.318. The van der Waals surface area contributed by atoms with Gasteiger partial charge < -0.3 is 0 Å². The number of rotatable bonds is 9. The molecule has 126 valence electrons. The van der Waals surface area contributed by atoms with Crippen LogP contribution in [0.1, 0.15) is 54.1 Å². The Bertz CT molecular complexity index is 653. The second-order valence-corrected chi connectivity index (χ2v) is 6.86. The number of aryl methyl sites for hydroxylation is 1. The van der Waals surface area contributed by atoms with E-state index >= 15 is 0 Å². The second-order valence-electron chi connectivity index (χ2n) is 5.98. The maximum absolute atomic E-state index is 12.3. The van der Waals surface area contributed by atoms with Crippen molar-refractivity contribution in [1.82, 2.24) is 0 Å². The lowest BCUT2D eigenvalue weighted by Gasteiger charge is -2.02. The van der Waals surface area contributed by atoms with Gasteiger partial charge in [-0.25, -0.2) is 0 Å². The van der Waals surface area contributed by atoms with E-state index in [9.17, 15) is 4.79 Å². The van der Waals surface area contributed by atoms with Crippen LogP contribution in [0.3, 0.4) is 0 Å². The summed E-state index contributed by atoms with van der Waals surface area (Å²) < 4.78 is 0. The number of unbranched alkanes of at least 4 members (excludes halogenated alkanes) is 3. The molecule has 24 heavy (non-hydrogen) atoms. The van der Waals surface area contributed by atoms with E-state index in [0.29, 0.717) is 0 Å². The van der Waals surface area contributed by atoms with Gasteiger partial charge in [-0.2, -0.15) is 0 Å². The lowest BCUT2D eigenvalue weighted by Crippen LogP contribution is -1.95. The molecule has 0 aliphatic heterocycles. The lowest BCUT2D eigenvalue weighted by atomic mass is 10.0. The predicted octanol–water partition coefficient (Wildman–Crippen LogP) is 6.43. The quantitative estimate of drug-likeness (QED) is 0.227. The predicted molar refractivity (Wildman–Crippen MR) is 106 cm³/mol. The summed E-state index contributed by atoms with van der Waals surface area (Å²) in [6.07, 6.45) is 11.8. The minimum Gasteiger partial charge on any atom is -0.289 e. The van der Waals surface area contributed by atoms with Crippen LogP contribution < -0.4 is 0 Å². The van der Waals surface area contributed by atoms with E-state index in [1.807, 2.05) is 30.3 Å². The fourth-order valence-corrected chi connectivity index (χ4v) is 2.98. The van der Waals surface area contributed by atoms with Crippen LogP contribution in [0.5, 0.6) is 0 Å². The third-order valence-corrected chi connectivity index (χ3v) is 4.84. The number of carbonyl (C=O) groups excluding carboxylic acids is 1. The summed E-state index contributed by atoms with van der Waals surface area (Å²) >= 11 is 1.72. The molecule has 2 aromatic rings. The number of allylic oxidation sites excluding steroid dienone is 1. The van der Waals surface area contributed by atoms with Gasteiger partial charge in [-0.3, -0.25) is 4.79 Å². The molecular formula is C22H26OS. The van der Waals surface area contributed by atoms with E-state index in [0.717, 1.165) is 17.5 Å². The molecule has 0 aliphatic rings. The van der Waals surface area contributed by atoms with Gasteiger partial charge in [-0.05, 0) is 48.4 Å². The molecule has 0 unspecified atom stereocenters. The standard InChI is InChI=1S/C22H26OS/c1-3-4-5-6-7-18-8-13-20(14-9-18)22(23)17-12-19-10-15-21(24-2)16-11-19/h8-17H,3-7H2,1-2H3/b17-12+. The monoisotopic (exact) mass is 338 g/mol. The van der Waals surface area contributed by atoms with Gasteiger partial charge >= 0.3 is 0 Å². The molecule has 0 radical (unpaired) electrons. The molecule has 0 saturated heterocycles. The van der Waals surface area contributed by atoms with Crippen molar-refractivity contribution in [3.05, 3.63) is 71.3 Å². The molecule has 0 bridgehead atoms. The van der Waals surface area contributed by atoms with Crippen LogP contribution in [-0.2, 0) is 6.42 Å². The Kier molecular flexibility index (Phi) is 7.84. The zero-order valence-corrected chi connectivity index (χ0v) is 15.4. The highest BCUT2D eigenvalue weighted by Crippen LogP contribution is 2.16. The minimum atomic E-state index is 0.0569. The molecule has 0 spiro atoms. The zero-order chi connectivity index (χ0) is 17.2. The third-order valence-electron chi connectivity index (χ3n) is 4.10. The van der Waals surface area contributed by atoms with E-state index in [1.54, 1.807) is 17.8 Å². The minimum absolute atomic E-state index is 0.0569. The third kappa shape index (κ3) is 6.01. The van der Waals surface area contributed by atoms with Gasteiger partial charge in [0.15, 0.2) is 5.78 Å². The van der Waals surface area contributed by atoms with E-state index in [2.05, 4.69) is 37.4 Å². The molecule has 2 aromatic carbocycles. The van der Waals surface area contributed by atoms with Crippen molar-refractivity contribution in [1.29, 1.82) is 0 Å². The van der Waals surface area contributed by atoms with E-state index in [1.165, 1.54) is 36.1 Å². The molecule has 0 atom stereocenters. The van der Waals surface area contributed by atoms with Crippen LogP contribution in [0.2, 0.25) is 0 Å².